The average Bonchev–Trinajstić information content (AvgIpc) is 2.37. The van der Waals surface area contributed by atoms with Gasteiger partial charge < -0.3 is 9.64 Å². The van der Waals surface area contributed by atoms with Crippen LogP contribution in [0.1, 0.15) is 29.9 Å². The molecule has 1 saturated heterocycles. The number of hydrogen-bond donors (Lipinski definition) is 0. The quantitative estimate of drug-likeness (QED) is 0.772. The van der Waals surface area contributed by atoms with Gasteiger partial charge in [-0.15, -0.1) is 0 Å². The third kappa shape index (κ3) is 3.00. The van der Waals surface area contributed by atoms with Gasteiger partial charge in [-0.05, 0) is 25.5 Å². The number of aromatic nitrogens is 1. The van der Waals surface area contributed by atoms with Crippen LogP contribution >= 0.6 is 11.6 Å². The van der Waals surface area contributed by atoms with Gasteiger partial charge in [-0.3, -0.25) is 4.79 Å². The van der Waals surface area contributed by atoms with E-state index >= 15 is 0 Å². The molecule has 18 heavy (non-hydrogen) atoms. The van der Waals surface area contributed by atoms with Crippen LogP contribution in [0.3, 0.4) is 0 Å². The van der Waals surface area contributed by atoms with E-state index < -0.39 is 0 Å². The summed E-state index contributed by atoms with van der Waals surface area (Å²) in [6, 6.07) is 3.44. The van der Waals surface area contributed by atoms with Crippen molar-refractivity contribution in [3.8, 4) is 0 Å². The summed E-state index contributed by atoms with van der Waals surface area (Å²) in [4.78, 5) is 18.3. The Bertz CT molecular complexity index is 451. The van der Waals surface area contributed by atoms with Crippen molar-refractivity contribution >= 4 is 17.5 Å². The Morgan fingerprint density at radius 2 is 2.39 bits per heavy atom. The fraction of sp³-hybridized carbons (Fsp3) is 0.538. The highest BCUT2D eigenvalue weighted by atomic mass is 35.5. The van der Waals surface area contributed by atoms with Crippen molar-refractivity contribution in [2.45, 2.75) is 26.4 Å². The maximum Gasteiger partial charge on any atom is 0.254 e. The Hall–Kier alpha value is -1.13. The third-order valence-corrected chi connectivity index (χ3v) is 3.18. The van der Waals surface area contributed by atoms with E-state index in [-0.39, 0.29) is 12.0 Å². The second-order valence-electron chi connectivity index (χ2n) is 4.46. The highest BCUT2D eigenvalue weighted by molar-refractivity contribution is 6.29. The van der Waals surface area contributed by atoms with Crippen molar-refractivity contribution in [3.05, 3.63) is 28.5 Å². The van der Waals surface area contributed by atoms with Crippen molar-refractivity contribution < 1.29 is 9.53 Å². The molecule has 0 radical (unpaired) electrons. The van der Waals surface area contributed by atoms with Crippen LogP contribution in [0.5, 0.6) is 0 Å². The van der Waals surface area contributed by atoms with E-state index in [1.165, 1.54) is 0 Å². The van der Waals surface area contributed by atoms with Gasteiger partial charge in [0.1, 0.15) is 5.15 Å². The molecule has 1 aliphatic heterocycles. The average molecular weight is 269 g/mol. The summed E-state index contributed by atoms with van der Waals surface area (Å²) in [6.07, 6.45) is 0.853. The Labute approximate surface area is 112 Å². The second-order valence-corrected chi connectivity index (χ2v) is 4.84. The molecule has 4 nitrogen and oxygen atoms in total. The number of amides is 1. The predicted molar refractivity (Wildman–Crippen MR) is 69.9 cm³/mol. The fourth-order valence-corrected chi connectivity index (χ4v) is 2.27. The Kier molecular flexibility index (Phi) is 4.19. The topological polar surface area (TPSA) is 42.4 Å². The molecule has 2 heterocycles. The summed E-state index contributed by atoms with van der Waals surface area (Å²) < 4.78 is 5.43. The van der Waals surface area contributed by atoms with Gasteiger partial charge in [-0.1, -0.05) is 18.5 Å². The summed E-state index contributed by atoms with van der Waals surface area (Å²) in [5, 5.41) is 0.374. The Balaban J connectivity index is 2.19. The van der Waals surface area contributed by atoms with Crippen molar-refractivity contribution in [2.75, 3.05) is 19.7 Å². The Morgan fingerprint density at radius 3 is 3.06 bits per heavy atom. The van der Waals surface area contributed by atoms with E-state index in [0.717, 1.165) is 12.1 Å². The number of carbonyl (C=O) groups is 1. The largest absolute Gasteiger partial charge is 0.375 e. The Morgan fingerprint density at radius 1 is 1.61 bits per heavy atom. The molecule has 1 aromatic heterocycles. The molecule has 1 amide bonds. The predicted octanol–water partition coefficient (Wildman–Crippen LogP) is 2.16. The molecule has 1 fully saturated rings. The van der Waals surface area contributed by atoms with Crippen LogP contribution in [-0.4, -0.2) is 41.6 Å². The van der Waals surface area contributed by atoms with Crippen LogP contribution in [0.4, 0.5) is 0 Å². The SMILES string of the molecule is CCc1cc(C(=O)N2CCOC(C)C2)cc(Cl)n1. The molecule has 0 saturated carbocycles. The molecule has 0 aliphatic carbocycles. The first kappa shape index (κ1) is 13.3. The zero-order chi connectivity index (χ0) is 13.1. The van der Waals surface area contributed by atoms with E-state index in [9.17, 15) is 4.79 Å². The molecule has 1 unspecified atom stereocenters. The summed E-state index contributed by atoms with van der Waals surface area (Å²) >= 11 is 5.93. The lowest BCUT2D eigenvalue weighted by Crippen LogP contribution is -2.44. The molecule has 1 atom stereocenters. The zero-order valence-corrected chi connectivity index (χ0v) is 11.4. The number of morpholine rings is 1. The van der Waals surface area contributed by atoms with Crippen LogP contribution in [0.2, 0.25) is 5.15 Å². The van der Waals surface area contributed by atoms with E-state index in [0.29, 0.717) is 30.4 Å². The summed E-state index contributed by atoms with van der Waals surface area (Å²) in [5.41, 5.74) is 1.45. The van der Waals surface area contributed by atoms with E-state index in [1.54, 1.807) is 11.0 Å². The first-order valence-corrected chi connectivity index (χ1v) is 6.55. The van der Waals surface area contributed by atoms with Gasteiger partial charge in [-0.25, -0.2) is 4.98 Å². The van der Waals surface area contributed by atoms with E-state index in [4.69, 9.17) is 16.3 Å². The van der Waals surface area contributed by atoms with Gasteiger partial charge >= 0.3 is 0 Å². The zero-order valence-electron chi connectivity index (χ0n) is 10.6. The van der Waals surface area contributed by atoms with Gasteiger partial charge in [0.25, 0.3) is 5.91 Å². The molecule has 2 rings (SSSR count). The first-order valence-electron chi connectivity index (χ1n) is 6.17. The maximum absolute atomic E-state index is 12.3. The van der Waals surface area contributed by atoms with Gasteiger partial charge in [0.15, 0.2) is 0 Å². The van der Waals surface area contributed by atoms with E-state index in [2.05, 4.69) is 4.98 Å². The molecule has 1 aliphatic rings. The highest BCUT2D eigenvalue weighted by Gasteiger charge is 2.23. The van der Waals surface area contributed by atoms with Gasteiger partial charge in [0, 0.05) is 24.3 Å². The maximum atomic E-state index is 12.3. The summed E-state index contributed by atoms with van der Waals surface area (Å²) in [7, 11) is 0. The third-order valence-electron chi connectivity index (χ3n) is 2.98. The molecule has 0 aromatic carbocycles. The number of nitrogens with zero attached hydrogens (tertiary/aromatic N) is 2. The minimum absolute atomic E-state index is 0.00384. The summed E-state index contributed by atoms with van der Waals surface area (Å²) in [5.74, 6) is 0.00384. The van der Waals surface area contributed by atoms with Crippen molar-refractivity contribution in [1.82, 2.24) is 9.88 Å². The first-order chi connectivity index (χ1) is 8.60. The van der Waals surface area contributed by atoms with Gasteiger partial charge in [-0.2, -0.15) is 0 Å². The smallest absolute Gasteiger partial charge is 0.254 e. The lowest BCUT2D eigenvalue weighted by Gasteiger charge is -2.31. The lowest BCUT2D eigenvalue weighted by molar-refractivity contribution is -0.0124. The van der Waals surface area contributed by atoms with Crippen LogP contribution in [0.25, 0.3) is 0 Å². The number of hydrogen-bond acceptors (Lipinski definition) is 3. The lowest BCUT2D eigenvalue weighted by atomic mass is 10.1. The second kappa shape index (κ2) is 5.67. The normalized spacial score (nSPS) is 19.9. The molecule has 1 aromatic rings. The number of pyridine rings is 1. The van der Waals surface area contributed by atoms with Crippen LogP contribution < -0.4 is 0 Å². The van der Waals surface area contributed by atoms with Crippen LogP contribution in [0, 0.1) is 0 Å². The molecular weight excluding hydrogens is 252 g/mol. The van der Waals surface area contributed by atoms with Crippen molar-refractivity contribution in [3.63, 3.8) is 0 Å². The monoisotopic (exact) mass is 268 g/mol. The molecule has 5 heteroatoms. The number of aryl methyl sites for hydroxylation is 1. The molecule has 98 valence electrons. The number of carbonyl (C=O) groups excluding carboxylic acids is 1. The minimum Gasteiger partial charge on any atom is -0.375 e. The van der Waals surface area contributed by atoms with Crippen LogP contribution in [0.15, 0.2) is 12.1 Å². The van der Waals surface area contributed by atoms with Crippen molar-refractivity contribution in [1.29, 1.82) is 0 Å². The fourth-order valence-electron chi connectivity index (χ4n) is 2.04. The van der Waals surface area contributed by atoms with Crippen LogP contribution in [-0.2, 0) is 11.2 Å². The summed E-state index contributed by atoms with van der Waals surface area (Å²) in [6.45, 7) is 5.80. The standard InChI is InChI=1S/C13H17ClN2O2/c1-3-11-6-10(7-12(14)15-11)13(17)16-4-5-18-9(2)8-16/h6-7,9H,3-5,8H2,1-2H3. The molecule has 0 N–H and O–H groups in total. The number of ether oxygens (including phenoxy) is 1. The minimum atomic E-state index is 0.00384. The number of halogens is 1. The van der Waals surface area contributed by atoms with Gasteiger partial charge in [0.05, 0.1) is 12.7 Å². The van der Waals surface area contributed by atoms with E-state index in [1.807, 2.05) is 19.9 Å². The molecule has 0 bridgehead atoms. The van der Waals surface area contributed by atoms with Crippen molar-refractivity contribution in [2.24, 2.45) is 0 Å². The highest BCUT2D eigenvalue weighted by Crippen LogP contribution is 2.15. The molecule has 0 spiro atoms. The number of rotatable bonds is 2. The molecular formula is C13H17ClN2O2. The van der Waals surface area contributed by atoms with Gasteiger partial charge in [0.2, 0.25) is 0 Å².